The number of hydrogen-bond acceptors (Lipinski definition) is 2. The van der Waals surface area contributed by atoms with Crippen molar-refractivity contribution in [2.75, 3.05) is 6.54 Å². The predicted molar refractivity (Wildman–Crippen MR) is 32.7 cm³/mol. The van der Waals surface area contributed by atoms with Crippen molar-refractivity contribution in [1.82, 2.24) is 5.32 Å². The molecule has 1 heterocycles. The summed E-state index contributed by atoms with van der Waals surface area (Å²) in [6.45, 7) is 2.92. The molecule has 2 atom stereocenters. The van der Waals surface area contributed by atoms with Gasteiger partial charge in [0.2, 0.25) is 0 Å². The number of nitrogens with one attached hydrogen (secondary N) is 1. The quantitative estimate of drug-likeness (QED) is 0.508. The van der Waals surface area contributed by atoms with E-state index in [4.69, 9.17) is 5.11 Å². The van der Waals surface area contributed by atoms with Gasteiger partial charge in [-0.05, 0) is 26.3 Å². The van der Waals surface area contributed by atoms with Gasteiger partial charge in [0.15, 0.2) is 0 Å². The van der Waals surface area contributed by atoms with Gasteiger partial charge in [0.1, 0.15) is 0 Å². The van der Waals surface area contributed by atoms with Crippen LogP contribution >= 0.6 is 0 Å². The van der Waals surface area contributed by atoms with E-state index >= 15 is 0 Å². The van der Waals surface area contributed by atoms with Gasteiger partial charge in [0, 0.05) is 6.04 Å². The summed E-state index contributed by atoms with van der Waals surface area (Å²) in [7, 11) is 0. The zero-order valence-corrected chi connectivity index (χ0v) is 5.22. The van der Waals surface area contributed by atoms with Crippen molar-refractivity contribution in [3.05, 3.63) is 0 Å². The molecule has 0 spiro atoms. The largest absolute Gasteiger partial charge is 0.392 e. The lowest BCUT2D eigenvalue weighted by Gasteiger charge is -2.11. The molecule has 1 saturated heterocycles. The highest BCUT2D eigenvalue weighted by Crippen LogP contribution is 2.07. The van der Waals surface area contributed by atoms with Crippen LogP contribution in [0.5, 0.6) is 0 Å². The van der Waals surface area contributed by atoms with Crippen molar-refractivity contribution in [1.29, 1.82) is 0 Å². The first-order chi connectivity index (χ1) is 3.80. The van der Waals surface area contributed by atoms with Crippen molar-refractivity contribution in [2.45, 2.75) is 31.9 Å². The van der Waals surface area contributed by atoms with Gasteiger partial charge in [-0.25, -0.2) is 0 Å². The summed E-state index contributed by atoms with van der Waals surface area (Å²) in [6, 6.07) is 0.370. The monoisotopic (exact) mass is 115 g/mol. The highest BCUT2D eigenvalue weighted by molar-refractivity contribution is 4.77. The van der Waals surface area contributed by atoms with Gasteiger partial charge in [0.05, 0.1) is 6.10 Å². The molecule has 1 unspecified atom stereocenters. The zero-order chi connectivity index (χ0) is 5.98. The maximum Gasteiger partial charge on any atom is 0.0665 e. The molecule has 0 saturated carbocycles. The Bertz CT molecular complexity index is 66.9. The molecule has 0 bridgehead atoms. The van der Waals surface area contributed by atoms with Gasteiger partial charge in [0.25, 0.3) is 0 Å². The Labute approximate surface area is 49.9 Å². The summed E-state index contributed by atoms with van der Waals surface area (Å²) in [6.07, 6.45) is 2.19. The van der Waals surface area contributed by atoms with Crippen molar-refractivity contribution < 1.29 is 5.11 Å². The minimum absolute atomic E-state index is 0.169. The lowest BCUT2D eigenvalue weighted by Crippen LogP contribution is -2.32. The highest BCUT2D eigenvalue weighted by atomic mass is 16.3. The molecule has 0 aromatic heterocycles. The molecule has 48 valence electrons. The van der Waals surface area contributed by atoms with Crippen LogP contribution in [-0.4, -0.2) is 23.8 Å². The Hall–Kier alpha value is -0.0800. The van der Waals surface area contributed by atoms with Crippen LogP contribution in [0.2, 0.25) is 0 Å². The summed E-state index contributed by atoms with van der Waals surface area (Å²) in [5.74, 6) is 0. The Morgan fingerprint density at radius 1 is 1.75 bits per heavy atom. The van der Waals surface area contributed by atoms with Crippen LogP contribution in [-0.2, 0) is 0 Å². The predicted octanol–water partition coefficient (Wildman–Crippen LogP) is 0.119. The first-order valence-electron chi connectivity index (χ1n) is 3.22. The smallest absolute Gasteiger partial charge is 0.0665 e. The highest BCUT2D eigenvalue weighted by Gasteiger charge is 2.17. The minimum Gasteiger partial charge on any atom is -0.392 e. The molecule has 2 heteroatoms. The van der Waals surface area contributed by atoms with Gasteiger partial charge in [-0.3, -0.25) is 0 Å². The first kappa shape index (κ1) is 6.05. The van der Waals surface area contributed by atoms with Crippen molar-refractivity contribution in [2.24, 2.45) is 0 Å². The standard InChI is InChI=1S/C6H13NO/c1-5(8)6-3-2-4-7-6/h5-8H,2-4H2,1H3/t5?,6-/m1/s1. The first-order valence-corrected chi connectivity index (χ1v) is 3.22. The zero-order valence-electron chi connectivity index (χ0n) is 5.22. The van der Waals surface area contributed by atoms with E-state index in [1.54, 1.807) is 0 Å². The molecule has 1 rings (SSSR count). The molecule has 0 radical (unpaired) electrons. The van der Waals surface area contributed by atoms with Crippen LogP contribution in [0, 0.1) is 0 Å². The van der Waals surface area contributed by atoms with Crippen molar-refractivity contribution in [3.8, 4) is 0 Å². The van der Waals surface area contributed by atoms with Crippen LogP contribution in [0.1, 0.15) is 19.8 Å². The molecule has 1 aliphatic heterocycles. The van der Waals surface area contributed by atoms with Gasteiger partial charge < -0.3 is 10.4 Å². The molecule has 0 aromatic carbocycles. The lowest BCUT2D eigenvalue weighted by atomic mass is 10.1. The second-order valence-electron chi connectivity index (χ2n) is 2.44. The molecule has 8 heavy (non-hydrogen) atoms. The molecule has 2 nitrogen and oxygen atoms in total. The Balaban J connectivity index is 2.24. The summed E-state index contributed by atoms with van der Waals surface area (Å²) in [5, 5.41) is 12.2. The Kier molecular flexibility index (Phi) is 1.86. The molecule has 1 aliphatic rings. The third kappa shape index (κ3) is 1.20. The normalized spacial score (nSPS) is 33.0. The third-order valence-electron chi connectivity index (χ3n) is 1.68. The maximum atomic E-state index is 8.99. The molecular weight excluding hydrogens is 102 g/mol. The van der Waals surface area contributed by atoms with E-state index in [1.165, 1.54) is 6.42 Å². The van der Waals surface area contributed by atoms with E-state index in [1.807, 2.05) is 6.92 Å². The second-order valence-corrected chi connectivity index (χ2v) is 2.44. The molecule has 1 fully saturated rings. The molecular formula is C6H13NO. The van der Waals surface area contributed by atoms with Gasteiger partial charge in [-0.15, -0.1) is 0 Å². The molecule has 0 aliphatic carbocycles. The third-order valence-corrected chi connectivity index (χ3v) is 1.68. The fourth-order valence-corrected chi connectivity index (χ4v) is 1.12. The van der Waals surface area contributed by atoms with E-state index < -0.39 is 0 Å². The van der Waals surface area contributed by atoms with Gasteiger partial charge >= 0.3 is 0 Å². The van der Waals surface area contributed by atoms with E-state index in [-0.39, 0.29) is 6.10 Å². The maximum absolute atomic E-state index is 8.99. The summed E-state index contributed by atoms with van der Waals surface area (Å²) >= 11 is 0. The fraction of sp³-hybridized carbons (Fsp3) is 1.00. The number of aliphatic hydroxyl groups excluding tert-OH is 1. The Morgan fingerprint density at radius 2 is 2.50 bits per heavy atom. The van der Waals surface area contributed by atoms with Gasteiger partial charge in [-0.2, -0.15) is 0 Å². The van der Waals surface area contributed by atoms with Crippen LogP contribution in [0.4, 0.5) is 0 Å². The average molecular weight is 115 g/mol. The Morgan fingerprint density at radius 3 is 2.75 bits per heavy atom. The topological polar surface area (TPSA) is 32.3 Å². The van der Waals surface area contributed by atoms with Crippen molar-refractivity contribution in [3.63, 3.8) is 0 Å². The number of rotatable bonds is 1. The second kappa shape index (κ2) is 2.46. The summed E-state index contributed by atoms with van der Waals surface area (Å²) in [5.41, 5.74) is 0. The fourth-order valence-electron chi connectivity index (χ4n) is 1.12. The van der Waals surface area contributed by atoms with Crippen LogP contribution < -0.4 is 5.32 Å². The minimum atomic E-state index is -0.169. The van der Waals surface area contributed by atoms with Gasteiger partial charge in [-0.1, -0.05) is 0 Å². The van der Waals surface area contributed by atoms with E-state index in [0.717, 1.165) is 13.0 Å². The number of hydrogen-bond donors (Lipinski definition) is 2. The average Bonchev–Trinajstić information content (AvgIpc) is 2.12. The van der Waals surface area contributed by atoms with E-state index in [9.17, 15) is 0 Å². The van der Waals surface area contributed by atoms with Crippen LogP contribution in [0.15, 0.2) is 0 Å². The summed E-state index contributed by atoms with van der Waals surface area (Å²) in [4.78, 5) is 0. The van der Waals surface area contributed by atoms with E-state index in [2.05, 4.69) is 5.32 Å². The molecule has 2 N–H and O–H groups in total. The van der Waals surface area contributed by atoms with Crippen molar-refractivity contribution >= 4 is 0 Å². The molecule has 0 amide bonds. The van der Waals surface area contributed by atoms with E-state index in [0.29, 0.717) is 6.04 Å². The lowest BCUT2D eigenvalue weighted by molar-refractivity contribution is 0.154. The molecule has 0 aromatic rings. The SMILES string of the molecule is CC(O)[C@H]1CCCN1. The number of aliphatic hydroxyl groups is 1. The summed E-state index contributed by atoms with van der Waals surface area (Å²) < 4.78 is 0. The van der Waals surface area contributed by atoms with Crippen LogP contribution in [0.3, 0.4) is 0 Å². The van der Waals surface area contributed by atoms with Crippen LogP contribution in [0.25, 0.3) is 0 Å².